The van der Waals surface area contributed by atoms with Gasteiger partial charge < -0.3 is 4.74 Å². The Morgan fingerprint density at radius 1 is 1.41 bits per heavy atom. The fraction of sp³-hybridized carbons (Fsp3) is 0.278. The zero-order chi connectivity index (χ0) is 16.5. The number of esters is 1. The summed E-state index contributed by atoms with van der Waals surface area (Å²) in [5.41, 5.74) is 3.32. The van der Waals surface area contributed by atoms with Gasteiger partial charge in [0.15, 0.2) is 5.78 Å². The lowest BCUT2D eigenvalue weighted by atomic mass is 9.98. The van der Waals surface area contributed by atoms with Crippen LogP contribution in [0.5, 0.6) is 0 Å². The molecule has 1 aromatic rings. The van der Waals surface area contributed by atoms with E-state index < -0.39 is 5.97 Å². The molecule has 1 rings (SSSR count). The van der Waals surface area contributed by atoms with Crippen molar-refractivity contribution in [3.63, 3.8) is 0 Å². The first-order valence-electron chi connectivity index (χ1n) is 6.94. The Hall–Kier alpha value is -2.67. The fourth-order valence-electron chi connectivity index (χ4n) is 1.75. The van der Waals surface area contributed by atoms with E-state index in [9.17, 15) is 9.59 Å². The van der Waals surface area contributed by atoms with E-state index in [4.69, 9.17) is 10.00 Å². The maximum absolute atomic E-state index is 11.7. The third-order valence-electron chi connectivity index (χ3n) is 3.06. The molecular formula is C18H19NO3. The second-order valence-corrected chi connectivity index (χ2v) is 4.98. The van der Waals surface area contributed by atoms with Crippen molar-refractivity contribution in [2.75, 3.05) is 6.61 Å². The Balaban J connectivity index is 2.69. The van der Waals surface area contributed by atoms with Gasteiger partial charge in [0.05, 0.1) is 12.5 Å². The molecule has 0 saturated carbocycles. The van der Waals surface area contributed by atoms with Crippen molar-refractivity contribution in [1.29, 1.82) is 5.26 Å². The van der Waals surface area contributed by atoms with Crippen molar-refractivity contribution in [2.45, 2.75) is 26.7 Å². The minimum Gasteiger partial charge on any atom is -0.461 e. The highest BCUT2D eigenvalue weighted by Crippen LogP contribution is 2.14. The lowest BCUT2D eigenvalue weighted by molar-refractivity contribution is -0.137. The summed E-state index contributed by atoms with van der Waals surface area (Å²) < 4.78 is 4.83. The van der Waals surface area contributed by atoms with Gasteiger partial charge in [-0.3, -0.25) is 4.79 Å². The molecule has 0 fully saturated rings. The molecule has 0 unspecified atom stereocenters. The predicted octanol–water partition coefficient (Wildman–Crippen LogP) is 3.15. The van der Waals surface area contributed by atoms with Crippen LogP contribution in [0, 0.1) is 18.3 Å². The quantitative estimate of drug-likeness (QED) is 0.440. The zero-order valence-corrected chi connectivity index (χ0v) is 12.9. The van der Waals surface area contributed by atoms with Crippen LogP contribution >= 0.6 is 0 Å². The highest BCUT2D eigenvalue weighted by atomic mass is 16.5. The van der Waals surface area contributed by atoms with Crippen molar-refractivity contribution < 1.29 is 14.3 Å². The number of allylic oxidation sites excluding steroid dienone is 1. The zero-order valence-electron chi connectivity index (χ0n) is 12.9. The largest absolute Gasteiger partial charge is 0.461 e. The van der Waals surface area contributed by atoms with E-state index in [1.807, 2.05) is 31.2 Å². The van der Waals surface area contributed by atoms with Gasteiger partial charge in [-0.15, -0.1) is 0 Å². The number of hydrogen-bond donors (Lipinski definition) is 0. The fourth-order valence-corrected chi connectivity index (χ4v) is 1.75. The van der Waals surface area contributed by atoms with E-state index in [1.54, 1.807) is 13.0 Å². The van der Waals surface area contributed by atoms with Gasteiger partial charge in [-0.2, -0.15) is 5.26 Å². The van der Waals surface area contributed by atoms with Crippen LogP contribution in [0.3, 0.4) is 0 Å². The predicted molar refractivity (Wildman–Crippen MR) is 84.9 cm³/mol. The molecule has 0 atom stereocenters. The molecule has 1 aromatic carbocycles. The molecule has 0 saturated heterocycles. The monoisotopic (exact) mass is 297 g/mol. The molecule has 0 amide bonds. The summed E-state index contributed by atoms with van der Waals surface area (Å²) in [6.45, 7) is 7.36. The summed E-state index contributed by atoms with van der Waals surface area (Å²) in [5, 5.41) is 8.35. The second kappa shape index (κ2) is 8.58. The van der Waals surface area contributed by atoms with E-state index in [1.165, 1.54) is 6.08 Å². The summed E-state index contributed by atoms with van der Waals surface area (Å²) in [5.74, 6) is -0.457. The number of hydrogen-bond acceptors (Lipinski definition) is 4. The van der Waals surface area contributed by atoms with Crippen molar-refractivity contribution in [1.82, 2.24) is 0 Å². The van der Waals surface area contributed by atoms with Crippen LogP contribution in [0.2, 0.25) is 0 Å². The maximum Gasteiger partial charge on any atom is 0.330 e. The van der Waals surface area contributed by atoms with Gasteiger partial charge in [-0.1, -0.05) is 24.8 Å². The molecule has 4 nitrogen and oxygen atoms in total. The van der Waals surface area contributed by atoms with Gasteiger partial charge in [0.2, 0.25) is 0 Å². The van der Waals surface area contributed by atoms with Crippen molar-refractivity contribution in [2.24, 2.45) is 0 Å². The van der Waals surface area contributed by atoms with Crippen molar-refractivity contribution in [3.8, 4) is 6.07 Å². The normalized spacial score (nSPS) is 10.2. The molecule has 4 heteroatoms. The van der Waals surface area contributed by atoms with E-state index >= 15 is 0 Å². The van der Waals surface area contributed by atoms with E-state index in [0.29, 0.717) is 12.0 Å². The van der Waals surface area contributed by atoms with Crippen LogP contribution < -0.4 is 0 Å². The SMILES string of the molecule is C=C(C)C(=O)Cc1ccc(/C=C/C(=O)OCCC#N)cc1C. The Labute approximate surface area is 130 Å². The number of carbonyl (C=O) groups excluding carboxylic acids is 2. The second-order valence-electron chi connectivity index (χ2n) is 4.98. The highest BCUT2D eigenvalue weighted by Gasteiger charge is 2.07. The first-order valence-corrected chi connectivity index (χ1v) is 6.94. The topological polar surface area (TPSA) is 67.2 Å². The molecular weight excluding hydrogens is 278 g/mol. The number of Topliss-reactive ketones (excluding diaryl/α,β-unsaturated/α-hetero) is 1. The lowest BCUT2D eigenvalue weighted by Gasteiger charge is -2.06. The smallest absolute Gasteiger partial charge is 0.330 e. The molecule has 0 aromatic heterocycles. The molecule has 0 heterocycles. The van der Waals surface area contributed by atoms with E-state index in [2.05, 4.69) is 6.58 Å². The van der Waals surface area contributed by atoms with Gasteiger partial charge in [0, 0.05) is 12.5 Å². The molecule has 0 N–H and O–H groups in total. The average Bonchev–Trinajstić information content (AvgIpc) is 2.47. The van der Waals surface area contributed by atoms with Crippen LogP contribution in [0.1, 0.15) is 30.0 Å². The molecule has 0 aliphatic rings. The van der Waals surface area contributed by atoms with Gasteiger partial charge >= 0.3 is 5.97 Å². The van der Waals surface area contributed by atoms with Crippen LogP contribution in [-0.4, -0.2) is 18.4 Å². The van der Waals surface area contributed by atoms with Gasteiger partial charge in [0.1, 0.15) is 6.61 Å². The highest BCUT2D eigenvalue weighted by molar-refractivity contribution is 5.95. The summed E-state index contributed by atoms with van der Waals surface area (Å²) in [6.07, 6.45) is 3.49. The van der Waals surface area contributed by atoms with Crippen LogP contribution in [0.25, 0.3) is 6.08 Å². The molecule has 0 spiro atoms. The molecule has 0 aliphatic heterocycles. The summed E-state index contributed by atoms with van der Waals surface area (Å²) in [6, 6.07) is 7.51. The molecule has 0 aliphatic carbocycles. The Bertz CT molecular complexity index is 651. The van der Waals surface area contributed by atoms with Crippen molar-refractivity contribution >= 4 is 17.8 Å². The Morgan fingerprint density at radius 2 is 2.14 bits per heavy atom. The Kier molecular flexibility index (Phi) is 6.78. The lowest BCUT2D eigenvalue weighted by Crippen LogP contribution is -2.04. The number of rotatable bonds is 7. The first kappa shape index (κ1) is 17.4. The standard InChI is InChI=1S/C18H19NO3/c1-13(2)17(20)12-16-7-5-15(11-14(16)3)6-8-18(21)22-10-4-9-19/h5-8,11H,1,4,10,12H2,2-3H3/b8-6+. The number of carbonyl (C=O) groups is 2. The van der Waals surface area contributed by atoms with E-state index in [0.717, 1.165) is 16.7 Å². The molecule has 0 bridgehead atoms. The third-order valence-corrected chi connectivity index (χ3v) is 3.06. The summed E-state index contributed by atoms with van der Waals surface area (Å²) in [4.78, 5) is 23.1. The number of benzene rings is 1. The minimum atomic E-state index is -0.477. The van der Waals surface area contributed by atoms with Crippen LogP contribution in [0.4, 0.5) is 0 Å². The van der Waals surface area contributed by atoms with Gasteiger partial charge in [-0.25, -0.2) is 4.79 Å². The van der Waals surface area contributed by atoms with Crippen molar-refractivity contribution in [3.05, 3.63) is 53.1 Å². The molecule has 0 radical (unpaired) electrons. The summed E-state index contributed by atoms with van der Waals surface area (Å²) >= 11 is 0. The number of ether oxygens (including phenoxy) is 1. The minimum absolute atomic E-state index is 0.0208. The summed E-state index contributed by atoms with van der Waals surface area (Å²) in [7, 11) is 0. The molecule has 114 valence electrons. The van der Waals surface area contributed by atoms with Crippen LogP contribution in [-0.2, 0) is 20.7 Å². The molecule has 22 heavy (non-hydrogen) atoms. The maximum atomic E-state index is 11.7. The van der Waals surface area contributed by atoms with E-state index in [-0.39, 0.29) is 18.8 Å². The Morgan fingerprint density at radius 3 is 2.73 bits per heavy atom. The third kappa shape index (κ3) is 5.76. The van der Waals surface area contributed by atoms with Crippen LogP contribution in [0.15, 0.2) is 36.4 Å². The number of ketones is 1. The average molecular weight is 297 g/mol. The number of nitrogens with zero attached hydrogens (tertiary/aromatic N) is 1. The first-order chi connectivity index (χ1) is 10.4. The van der Waals surface area contributed by atoms with Gasteiger partial charge in [0.25, 0.3) is 0 Å². The number of nitriles is 1. The number of aryl methyl sites for hydroxylation is 1. The van der Waals surface area contributed by atoms with Gasteiger partial charge in [-0.05, 0) is 42.2 Å².